The number of nitrogens with zero attached hydrogens (tertiary/aromatic N) is 1. The molecular weight excluding hydrogens is 264 g/mol. The zero-order chi connectivity index (χ0) is 15.1. The van der Waals surface area contributed by atoms with Gasteiger partial charge in [0, 0.05) is 17.7 Å². The molecular formula is C17H26N2O2. The molecule has 1 saturated carbocycles. The topological polar surface area (TPSA) is 55.2 Å². The molecule has 0 heterocycles. The molecule has 2 rings (SSSR count). The smallest absolute Gasteiger partial charge is 0.272 e. The Hall–Kier alpha value is -1.42. The molecule has 0 amide bonds. The summed E-state index contributed by atoms with van der Waals surface area (Å²) >= 11 is 0. The van der Waals surface area contributed by atoms with E-state index >= 15 is 0 Å². The lowest BCUT2D eigenvalue weighted by Crippen LogP contribution is -2.28. The molecule has 1 fully saturated rings. The summed E-state index contributed by atoms with van der Waals surface area (Å²) in [5.74, 6) is 0.861. The number of hydrogen-bond acceptors (Lipinski definition) is 3. The Morgan fingerprint density at radius 1 is 1.29 bits per heavy atom. The third-order valence-electron chi connectivity index (χ3n) is 4.71. The lowest BCUT2D eigenvalue weighted by atomic mass is 9.84. The molecule has 0 aliphatic heterocycles. The highest BCUT2D eigenvalue weighted by atomic mass is 16.6. The van der Waals surface area contributed by atoms with Crippen LogP contribution in [0.1, 0.15) is 50.5 Å². The highest BCUT2D eigenvalue weighted by Gasteiger charge is 2.19. The van der Waals surface area contributed by atoms with Gasteiger partial charge in [-0.1, -0.05) is 50.3 Å². The number of benzene rings is 1. The molecule has 0 radical (unpaired) electrons. The van der Waals surface area contributed by atoms with E-state index in [1.54, 1.807) is 12.1 Å². The predicted octanol–water partition coefficient (Wildman–Crippen LogP) is 4.09. The van der Waals surface area contributed by atoms with Crippen molar-refractivity contribution < 1.29 is 4.92 Å². The summed E-state index contributed by atoms with van der Waals surface area (Å²) in [4.78, 5) is 10.8. The Kier molecular flexibility index (Phi) is 6.18. The molecule has 1 aromatic carbocycles. The van der Waals surface area contributed by atoms with Crippen molar-refractivity contribution in [2.24, 2.45) is 5.92 Å². The van der Waals surface area contributed by atoms with E-state index in [1.807, 2.05) is 19.2 Å². The number of para-hydroxylation sites is 1. The van der Waals surface area contributed by atoms with Crippen molar-refractivity contribution in [3.63, 3.8) is 0 Å². The molecule has 1 N–H and O–H groups in total. The molecule has 1 aliphatic carbocycles. The number of likely N-dealkylation sites (N-methyl/N-ethyl adjacent to an activating group) is 1. The maximum atomic E-state index is 11.1. The van der Waals surface area contributed by atoms with Crippen molar-refractivity contribution in [1.29, 1.82) is 0 Å². The van der Waals surface area contributed by atoms with Gasteiger partial charge in [0.15, 0.2) is 0 Å². The number of rotatable bonds is 7. The minimum absolute atomic E-state index is 0.246. The third-order valence-corrected chi connectivity index (χ3v) is 4.71. The van der Waals surface area contributed by atoms with Gasteiger partial charge in [0.1, 0.15) is 0 Å². The van der Waals surface area contributed by atoms with Gasteiger partial charge in [-0.05, 0) is 32.2 Å². The molecule has 1 atom stereocenters. The van der Waals surface area contributed by atoms with Gasteiger partial charge in [-0.2, -0.15) is 0 Å². The van der Waals surface area contributed by atoms with E-state index < -0.39 is 0 Å². The van der Waals surface area contributed by atoms with Crippen LogP contribution in [-0.4, -0.2) is 18.0 Å². The average molecular weight is 290 g/mol. The van der Waals surface area contributed by atoms with Crippen molar-refractivity contribution >= 4 is 5.69 Å². The number of nitro benzene ring substituents is 1. The second-order valence-corrected chi connectivity index (χ2v) is 6.16. The number of hydrogen-bond donors (Lipinski definition) is 1. The van der Waals surface area contributed by atoms with Crippen molar-refractivity contribution in [1.82, 2.24) is 5.32 Å². The summed E-state index contributed by atoms with van der Waals surface area (Å²) in [6.07, 6.45) is 9.95. The van der Waals surface area contributed by atoms with Gasteiger partial charge in [0.2, 0.25) is 0 Å². The van der Waals surface area contributed by atoms with Gasteiger partial charge in [-0.15, -0.1) is 0 Å². The maximum absolute atomic E-state index is 11.1. The van der Waals surface area contributed by atoms with E-state index in [0.29, 0.717) is 6.04 Å². The minimum Gasteiger partial charge on any atom is -0.317 e. The molecule has 1 aromatic rings. The fraction of sp³-hybridized carbons (Fsp3) is 0.647. The Morgan fingerprint density at radius 2 is 2.00 bits per heavy atom. The Labute approximate surface area is 127 Å². The summed E-state index contributed by atoms with van der Waals surface area (Å²) in [5.41, 5.74) is 1.08. The molecule has 4 nitrogen and oxygen atoms in total. The minimum atomic E-state index is -0.275. The number of nitrogens with one attached hydrogen (secondary N) is 1. The standard InChI is InChI=1S/C17H26N2O2/c1-18-16(12-11-14-7-3-2-4-8-14)13-15-9-5-6-10-17(15)19(20)21/h5-6,9-10,14,16,18H,2-4,7-8,11-13H2,1H3. The lowest BCUT2D eigenvalue weighted by molar-refractivity contribution is -0.385. The fourth-order valence-electron chi connectivity index (χ4n) is 3.39. The Balaban J connectivity index is 1.91. The Bertz CT molecular complexity index is 456. The zero-order valence-corrected chi connectivity index (χ0v) is 12.9. The predicted molar refractivity (Wildman–Crippen MR) is 85.5 cm³/mol. The summed E-state index contributed by atoms with van der Waals surface area (Å²) in [6.45, 7) is 0. The first-order valence-electron chi connectivity index (χ1n) is 8.10. The van der Waals surface area contributed by atoms with Crippen LogP contribution in [0.5, 0.6) is 0 Å². The second-order valence-electron chi connectivity index (χ2n) is 6.16. The van der Waals surface area contributed by atoms with E-state index in [9.17, 15) is 10.1 Å². The molecule has 1 aliphatic rings. The van der Waals surface area contributed by atoms with E-state index in [0.717, 1.165) is 24.3 Å². The summed E-state index contributed by atoms with van der Waals surface area (Å²) in [6, 6.07) is 7.42. The largest absolute Gasteiger partial charge is 0.317 e. The van der Waals surface area contributed by atoms with Crippen LogP contribution in [-0.2, 0) is 6.42 Å². The van der Waals surface area contributed by atoms with Crippen LogP contribution < -0.4 is 5.32 Å². The SMILES string of the molecule is CNC(CCC1CCCCC1)Cc1ccccc1[N+](=O)[O-]. The van der Waals surface area contributed by atoms with Gasteiger partial charge < -0.3 is 5.32 Å². The Morgan fingerprint density at radius 3 is 2.67 bits per heavy atom. The van der Waals surface area contributed by atoms with Crippen LogP contribution in [0.2, 0.25) is 0 Å². The van der Waals surface area contributed by atoms with Gasteiger partial charge in [0.25, 0.3) is 5.69 Å². The van der Waals surface area contributed by atoms with Crippen molar-refractivity contribution in [3.05, 3.63) is 39.9 Å². The molecule has 4 heteroatoms. The van der Waals surface area contributed by atoms with Crippen LogP contribution in [0.4, 0.5) is 5.69 Å². The first-order valence-corrected chi connectivity index (χ1v) is 8.10. The number of nitro groups is 1. The second kappa shape index (κ2) is 8.13. The summed E-state index contributed by atoms with van der Waals surface area (Å²) in [7, 11) is 1.96. The summed E-state index contributed by atoms with van der Waals surface area (Å²) in [5, 5.41) is 14.4. The van der Waals surface area contributed by atoms with E-state index in [2.05, 4.69) is 5.32 Å². The van der Waals surface area contributed by atoms with Crippen molar-refractivity contribution in [2.45, 2.75) is 57.4 Å². The molecule has 116 valence electrons. The van der Waals surface area contributed by atoms with Gasteiger partial charge in [-0.25, -0.2) is 0 Å². The molecule has 0 bridgehead atoms. The maximum Gasteiger partial charge on any atom is 0.272 e. The first kappa shape index (κ1) is 16.0. The first-order chi connectivity index (χ1) is 10.2. The molecule has 0 saturated heterocycles. The van der Waals surface area contributed by atoms with Crippen LogP contribution >= 0.6 is 0 Å². The van der Waals surface area contributed by atoms with E-state index in [-0.39, 0.29) is 10.6 Å². The molecule has 1 unspecified atom stereocenters. The quantitative estimate of drug-likeness (QED) is 0.608. The lowest BCUT2D eigenvalue weighted by Gasteiger charge is -2.24. The van der Waals surface area contributed by atoms with Crippen LogP contribution in [0, 0.1) is 16.0 Å². The van der Waals surface area contributed by atoms with Crippen LogP contribution in [0.25, 0.3) is 0 Å². The fourth-order valence-corrected chi connectivity index (χ4v) is 3.39. The van der Waals surface area contributed by atoms with E-state index in [1.165, 1.54) is 38.5 Å². The molecule has 21 heavy (non-hydrogen) atoms. The van der Waals surface area contributed by atoms with Gasteiger partial charge in [0.05, 0.1) is 4.92 Å². The van der Waals surface area contributed by atoms with Crippen LogP contribution in [0.3, 0.4) is 0 Å². The van der Waals surface area contributed by atoms with Crippen molar-refractivity contribution in [2.75, 3.05) is 7.05 Å². The highest BCUT2D eigenvalue weighted by Crippen LogP contribution is 2.28. The molecule has 0 aromatic heterocycles. The highest BCUT2D eigenvalue weighted by molar-refractivity contribution is 5.40. The normalized spacial score (nSPS) is 17.6. The van der Waals surface area contributed by atoms with Crippen LogP contribution in [0.15, 0.2) is 24.3 Å². The van der Waals surface area contributed by atoms with E-state index in [4.69, 9.17) is 0 Å². The van der Waals surface area contributed by atoms with Gasteiger partial charge in [-0.3, -0.25) is 10.1 Å². The summed E-state index contributed by atoms with van der Waals surface area (Å²) < 4.78 is 0. The van der Waals surface area contributed by atoms with Gasteiger partial charge >= 0.3 is 0 Å². The zero-order valence-electron chi connectivity index (χ0n) is 12.9. The van der Waals surface area contributed by atoms with Crippen molar-refractivity contribution in [3.8, 4) is 0 Å². The monoisotopic (exact) mass is 290 g/mol. The third kappa shape index (κ3) is 4.81. The molecule has 0 spiro atoms. The average Bonchev–Trinajstić information content (AvgIpc) is 2.52.